The van der Waals surface area contributed by atoms with E-state index in [2.05, 4.69) is 20.4 Å². The molecule has 1 aliphatic heterocycles. The number of likely N-dealkylation sites (tertiary alicyclic amines) is 1. The minimum absolute atomic E-state index is 0.0762. The maximum Gasteiger partial charge on any atom is 0.573 e. The second-order valence-electron chi connectivity index (χ2n) is 8.29. The van der Waals surface area contributed by atoms with Gasteiger partial charge in [-0.15, -0.1) is 18.3 Å². The molecule has 1 aromatic heterocycles. The van der Waals surface area contributed by atoms with Crippen molar-refractivity contribution in [2.75, 3.05) is 19.7 Å². The molecule has 34 heavy (non-hydrogen) atoms. The first-order chi connectivity index (χ1) is 16.2. The highest BCUT2D eigenvalue weighted by Gasteiger charge is 2.39. The molecule has 1 saturated heterocycles. The molecule has 0 bridgehead atoms. The number of carbonyl (C=O) groups excluding carboxylic acids is 2. The molecule has 2 N–H and O–H groups in total. The highest BCUT2D eigenvalue weighted by atomic mass is 19.4. The average molecular weight is 482 g/mol. The van der Waals surface area contributed by atoms with Crippen LogP contribution in [-0.4, -0.2) is 80.0 Å². The van der Waals surface area contributed by atoms with E-state index in [1.165, 1.54) is 29.1 Å². The molecule has 1 aromatic carbocycles. The Labute approximate surface area is 193 Å². The van der Waals surface area contributed by atoms with Crippen molar-refractivity contribution in [3.63, 3.8) is 0 Å². The van der Waals surface area contributed by atoms with Crippen molar-refractivity contribution in [1.29, 1.82) is 0 Å². The largest absolute Gasteiger partial charge is 0.573 e. The molecule has 1 aliphatic carbocycles. The molecule has 13 heteroatoms. The molecular formula is C21H25F3N6O4. The number of ether oxygens (including phenoxy) is 1. The average Bonchev–Trinajstić information content (AvgIpc) is 3.51. The second-order valence-corrected chi connectivity index (χ2v) is 8.29. The minimum Gasteiger partial charge on any atom is -0.406 e. The SMILES string of the molecule is O=C(CO)N1CCCC(N(C(=O)NCc2cn(-c3cccc(OC(F)(F)F)c3)nn2)C2CC2)C1. The number of aliphatic hydroxyl groups excluding tert-OH is 1. The van der Waals surface area contributed by atoms with Gasteiger partial charge in [0.1, 0.15) is 18.1 Å². The number of amides is 3. The van der Waals surface area contributed by atoms with E-state index in [1.807, 2.05) is 0 Å². The Morgan fingerprint density at radius 2 is 2.03 bits per heavy atom. The number of nitrogens with one attached hydrogen (secondary N) is 1. The summed E-state index contributed by atoms with van der Waals surface area (Å²) in [5.41, 5.74) is 0.745. The highest BCUT2D eigenvalue weighted by Crippen LogP contribution is 2.31. The van der Waals surface area contributed by atoms with Crippen molar-refractivity contribution in [3.8, 4) is 11.4 Å². The summed E-state index contributed by atoms with van der Waals surface area (Å²) in [5.74, 6) is -0.723. The number of carbonyl (C=O) groups is 2. The fourth-order valence-electron chi connectivity index (χ4n) is 4.08. The first-order valence-electron chi connectivity index (χ1n) is 11.0. The lowest BCUT2D eigenvalue weighted by molar-refractivity contribution is -0.274. The van der Waals surface area contributed by atoms with Gasteiger partial charge in [0, 0.05) is 25.2 Å². The third kappa shape index (κ3) is 5.95. The standard InChI is InChI=1S/C21H25F3N6O4/c22-21(23,24)34-18-5-1-3-16(9-18)29-11-14(26-27-29)10-25-20(33)30(15-6-7-15)17-4-2-8-28(12-17)19(32)13-31/h1,3,5,9,11,15,17,31H,2,4,6-8,10,12-13H2,(H,25,33). The lowest BCUT2D eigenvalue weighted by atomic mass is 10.0. The van der Waals surface area contributed by atoms with Gasteiger partial charge < -0.3 is 25.0 Å². The minimum atomic E-state index is -4.80. The van der Waals surface area contributed by atoms with Crippen LogP contribution >= 0.6 is 0 Å². The molecule has 4 rings (SSSR count). The van der Waals surface area contributed by atoms with Crippen LogP contribution in [0.5, 0.6) is 5.75 Å². The summed E-state index contributed by atoms with van der Waals surface area (Å²) in [6.45, 7) is 0.472. The van der Waals surface area contributed by atoms with Gasteiger partial charge in [-0.25, -0.2) is 9.48 Å². The first kappa shape index (κ1) is 23.8. The van der Waals surface area contributed by atoms with Crippen LogP contribution in [-0.2, 0) is 11.3 Å². The second kappa shape index (κ2) is 9.87. The molecule has 0 radical (unpaired) electrons. The van der Waals surface area contributed by atoms with Crippen LogP contribution < -0.4 is 10.1 Å². The zero-order valence-corrected chi connectivity index (χ0v) is 18.2. The first-order valence-corrected chi connectivity index (χ1v) is 11.0. The summed E-state index contributed by atoms with van der Waals surface area (Å²) in [4.78, 5) is 28.2. The number of aliphatic hydroxyl groups is 1. The van der Waals surface area contributed by atoms with Gasteiger partial charge in [0.15, 0.2) is 0 Å². The highest BCUT2D eigenvalue weighted by molar-refractivity contribution is 5.78. The summed E-state index contributed by atoms with van der Waals surface area (Å²) < 4.78 is 42.6. The van der Waals surface area contributed by atoms with E-state index in [9.17, 15) is 22.8 Å². The number of hydrogen-bond acceptors (Lipinski definition) is 6. The lowest BCUT2D eigenvalue weighted by Crippen LogP contribution is -2.55. The van der Waals surface area contributed by atoms with Crippen molar-refractivity contribution in [3.05, 3.63) is 36.2 Å². The smallest absolute Gasteiger partial charge is 0.406 e. The molecule has 1 saturated carbocycles. The molecule has 2 heterocycles. The Bertz CT molecular complexity index is 1030. The van der Waals surface area contributed by atoms with Crippen molar-refractivity contribution >= 4 is 11.9 Å². The zero-order valence-electron chi connectivity index (χ0n) is 18.2. The van der Waals surface area contributed by atoms with Crippen LogP contribution in [0.4, 0.5) is 18.0 Å². The molecule has 2 aromatic rings. The van der Waals surface area contributed by atoms with Gasteiger partial charge in [0.25, 0.3) is 0 Å². The van der Waals surface area contributed by atoms with Crippen LogP contribution in [0, 0.1) is 0 Å². The molecule has 1 unspecified atom stereocenters. The summed E-state index contributed by atoms with van der Waals surface area (Å²) in [6.07, 6.45) is 0.0140. The Balaban J connectivity index is 1.37. The van der Waals surface area contributed by atoms with Crippen LogP contribution in [0.25, 0.3) is 5.69 Å². The molecule has 1 atom stereocenters. The van der Waals surface area contributed by atoms with Crippen LogP contribution in [0.3, 0.4) is 0 Å². The van der Waals surface area contributed by atoms with Crippen molar-refractivity contribution in [2.24, 2.45) is 0 Å². The maximum absolute atomic E-state index is 13.0. The van der Waals surface area contributed by atoms with Gasteiger partial charge in [-0.2, -0.15) is 0 Å². The number of nitrogens with zero attached hydrogens (tertiary/aromatic N) is 5. The Hall–Kier alpha value is -3.35. The number of urea groups is 1. The number of benzene rings is 1. The van der Waals surface area contributed by atoms with E-state index in [4.69, 9.17) is 5.11 Å². The van der Waals surface area contributed by atoms with Crippen molar-refractivity contribution in [2.45, 2.75) is 50.7 Å². The Kier molecular flexibility index (Phi) is 6.91. The number of aromatic nitrogens is 3. The fourth-order valence-corrected chi connectivity index (χ4v) is 4.08. The summed E-state index contributed by atoms with van der Waals surface area (Å²) in [6, 6.07) is 5.02. The fraction of sp³-hybridized carbons (Fsp3) is 0.524. The van der Waals surface area contributed by atoms with E-state index >= 15 is 0 Å². The summed E-state index contributed by atoms with van der Waals surface area (Å²) in [5, 5.41) is 19.9. The predicted octanol–water partition coefficient (Wildman–Crippen LogP) is 1.82. The van der Waals surface area contributed by atoms with Crippen LogP contribution in [0.1, 0.15) is 31.4 Å². The molecule has 0 spiro atoms. The molecular weight excluding hydrogens is 457 g/mol. The predicted molar refractivity (Wildman–Crippen MR) is 112 cm³/mol. The molecule has 184 valence electrons. The number of rotatable bonds is 7. The van der Waals surface area contributed by atoms with Gasteiger partial charge in [-0.1, -0.05) is 11.3 Å². The van der Waals surface area contributed by atoms with Gasteiger partial charge in [-0.05, 0) is 37.8 Å². The third-order valence-corrected chi connectivity index (χ3v) is 5.73. The van der Waals surface area contributed by atoms with E-state index in [0.717, 1.165) is 25.7 Å². The Morgan fingerprint density at radius 1 is 1.24 bits per heavy atom. The van der Waals surface area contributed by atoms with E-state index in [-0.39, 0.29) is 36.3 Å². The van der Waals surface area contributed by atoms with E-state index in [0.29, 0.717) is 24.5 Å². The number of hydrogen-bond donors (Lipinski definition) is 2. The van der Waals surface area contributed by atoms with Gasteiger partial charge in [0.2, 0.25) is 5.91 Å². The van der Waals surface area contributed by atoms with Crippen molar-refractivity contribution in [1.82, 2.24) is 30.1 Å². The Morgan fingerprint density at radius 3 is 2.74 bits per heavy atom. The number of alkyl halides is 3. The maximum atomic E-state index is 13.0. The zero-order chi connectivity index (χ0) is 24.3. The van der Waals surface area contributed by atoms with Gasteiger partial charge in [0.05, 0.1) is 24.5 Å². The van der Waals surface area contributed by atoms with Crippen LogP contribution in [0.2, 0.25) is 0 Å². The molecule has 3 amide bonds. The topological polar surface area (TPSA) is 113 Å². The normalized spacial score (nSPS) is 18.5. The van der Waals surface area contributed by atoms with Gasteiger partial charge in [-0.3, -0.25) is 4.79 Å². The molecule has 2 aliphatic rings. The number of halogens is 3. The van der Waals surface area contributed by atoms with Crippen LogP contribution in [0.15, 0.2) is 30.5 Å². The molecule has 10 nitrogen and oxygen atoms in total. The third-order valence-electron chi connectivity index (χ3n) is 5.73. The quantitative estimate of drug-likeness (QED) is 0.623. The molecule has 2 fully saturated rings. The van der Waals surface area contributed by atoms with Gasteiger partial charge >= 0.3 is 12.4 Å². The summed E-state index contributed by atoms with van der Waals surface area (Å²) in [7, 11) is 0. The van der Waals surface area contributed by atoms with Crippen molar-refractivity contribution < 1.29 is 32.6 Å². The summed E-state index contributed by atoms with van der Waals surface area (Å²) >= 11 is 0. The van der Waals surface area contributed by atoms with E-state index < -0.39 is 13.0 Å². The lowest BCUT2D eigenvalue weighted by Gasteiger charge is -2.39. The number of piperidine rings is 1. The monoisotopic (exact) mass is 482 g/mol. The van der Waals surface area contributed by atoms with E-state index in [1.54, 1.807) is 15.9 Å².